The van der Waals surface area contributed by atoms with Crippen molar-refractivity contribution >= 4 is 11.7 Å². The van der Waals surface area contributed by atoms with Crippen LogP contribution in [0.15, 0.2) is 12.1 Å². The molecule has 2 N–H and O–H groups in total. The van der Waals surface area contributed by atoms with Crippen molar-refractivity contribution in [1.82, 2.24) is 15.5 Å². The number of carbonyl (C=O) groups excluding carboxylic acids is 1. The van der Waals surface area contributed by atoms with E-state index in [0.717, 1.165) is 0 Å². The van der Waals surface area contributed by atoms with Crippen LogP contribution in [0.2, 0.25) is 0 Å². The normalized spacial score (nSPS) is 11.4. The monoisotopic (exact) mass is 250 g/mol. The zero-order valence-corrected chi connectivity index (χ0v) is 11.7. The predicted molar refractivity (Wildman–Crippen MR) is 72.5 cm³/mol. The molecule has 0 spiro atoms. The van der Waals surface area contributed by atoms with Gasteiger partial charge in [0.25, 0.3) is 5.91 Å². The summed E-state index contributed by atoms with van der Waals surface area (Å²) in [5.74, 6) is 0.962. The summed E-state index contributed by atoms with van der Waals surface area (Å²) in [7, 11) is 1.76. The maximum Gasteiger partial charge on any atom is 0.271 e. The molecular formula is C13H22N4O. The molecule has 0 unspecified atom stereocenters. The minimum Gasteiger partial charge on any atom is -0.372 e. The Bertz CT molecular complexity index is 398. The van der Waals surface area contributed by atoms with Gasteiger partial charge in [0.05, 0.1) is 0 Å². The second kappa shape index (κ2) is 5.80. The van der Waals surface area contributed by atoms with Crippen LogP contribution < -0.4 is 10.6 Å². The van der Waals surface area contributed by atoms with Crippen molar-refractivity contribution in [3.8, 4) is 0 Å². The minimum atomic E-state index is -0.182. The fraction of sp³-hybridized carbons (Fsp3) is 0.615. The van der Waals surface area contributed by atoms with E-state index in [4.69, 9.17) is 0 Å². The van der Waals surface area contributed by atoms with Crippen LogP contribution >= 0.6 is 0 Å². The quantitative estimate of drug-likeness (QED) is 0.838. The van der Waals surface area contributed by atoms with Gasteiger partial charge >= 0.3 is 0 Å². The number of hydrogen-bond donors (Lipinski definition) is 2. The molecule has 0 saturated carbocycles. The predicted octanol–water partition coefficient (Wildman–Crippen LogP) is 1.93. The molecule has 1 amide bonds. The zero-order chi connectivity index (χ0) is 13.8. The average molecular weight is 250 g/mol. The molecular weight excluding hydrogens is 228 g/mol. The SMILES string of the molecule is CNc1ccc(C(=O)NCC(C)(C)C(C)C)nn1. The Kier molecular flexibility index (Phi) is 4.64. The van der Waals surface area contributed by atoms with Gasteiger partial charge < -0.3 is 10.6 Å². The van der Waals surface area contributed by atoms with Gasteiger partial charge in [0.15, 0.2) is 5.69 Å². The van der Waals surface area contributed by atoms with Gasteiger partial charge in [0.1, 0.15) is 5.82 Å². The molecule has 0 radical (unpaired) electrons. The molecule has 0 aliphatic carbocycles. The van der Waals surface area contributed by atoms with Crippen molar-refractivity contribution in [2.75, 3.05) is 18.9 Å². The smallest absolute Gasteiger partial charge is 0.271 e. The largest absolute Gasteiger partial charge is 0.372 e. The lowest BCUT2D eigenvalue weighted by Crippen LogP contribution is -2.37. The molecule has 0 saturated heterocycles. The third-order valence-electron chi connectivity index (χ3n) is 3.42. The molecule has 1 rings (SSSR count). The Labute approximate surface area is 108 Å². The number of aromatic nitrogens is 2. The van der Waals surface area contributed by atoms with E-state index in [2.05, 4.69) is 48.5 Å². The van der Waals surface area contributed by atoms with Crippen LogP contribution in [0.1, 0.15) is 38.2 Å². The first-order valence-electron chi connectivity index (χ1n) is 6.16. The van der Waals surface area contributed by atoms with Gasteiger partial charge in [-0.15, -0.1) is 10.2 Å². The summed E-state index contributed by atoms with van der Waals surface area (Å²) in [5.41, 5.74) is 0.405. The Hall–Kier alpha value is -1.65. The van der Waals surface area contributed by atoms with Crippen molar-refractivity contribution in [3.63, 3.8) is 0 Å². The zero-order valence-electron chi connectivity index (χ0n) is 11.7. The minimum absolute atomic E-state index is 0.0635. The van der Waals surface area contributed by atoms with Crippen molar-refractivity contribution in [1.29, 1.82) is 0 Å². The Morgan fingerprint density at radius 2 is 2.00 bits per heavy atom. The molecule has 5 heteroatoms. The van der Waals surface area contributed by atoms with Crippen LogP contribution in [-0.4, -0.2) is 29.7 Å². The van der Waals surface area contributed by atoms with Crippen LogP contribution in [0, 0.1) is 11.3 Å². The molecule has 0 fully saturated rings. The highest BCUT2D eigenvalue weighted by molar-refractivity contribution is 5.92. The van der Waals surface area contributed by atoms with Crippen molar-refractivity contribution in [2.24, 2.45) is 11.3 Å². The van der Waals surface area contributed by atoms with Crippen LogP contribution in [0.25, 0.3) is 0 Å². The first-order chi connectivity index (χ1) is 8.36. The van der Waals surface area contributed by atoms with Crippen LogP contribution in [-0.2, 0) is 0 Å². The maximum atomic E-state index is 11.9. The highest BCUT2D eigenvalue weighted by Gasteiger charge is 2.23. The van der Waals surface area contributed by atoms with Gasteiger partial charge in [-0.2, -0.15) is 0 Å². The summed E-state index contributed by atoms with van der Waals surface area (Å²) in [5, 5.41) is 13.5. The highest BCUT2D eigenvalue weighted by Crippen LogP contribution is 2.24. The second-order valence-electron chi connectivity index (χ2n) is 5.38. The summed E-state index contributed by atoms with van der Waals surface area (Å²) in [6.07, 6.45) is 0. The molecule has 0 atom stereocenters. The lowest BCUT2D eigenvalue weighted by molar-refractivity contribution is 0.0919. The van der Waals surface area contributed by atoms with Gasteiger partial charge in [-0.25, -0.2) is 0 Å². The standard InChI is InChI=1S/C13H22N4O/c1-9(2)13(3,4)8-15-12(18)10-6-7-11(14-5)17-16-10/h6-7,9H,8H2,1-5H3,(H,14,17)(H,15,18). The fourth-order valence-electron chi connectivity index (χ4n) is 1.19. The number of carbonyl (C=O) groups is 1. The van der Waals surface area contributed by atoms with E-state index in [9.17, 15) is 4.79 Å². The van der Waals surface area contributed by atoms with E-state index in [1.165, 1.54) is 0 Å². The molecule has 1 heterocycles. The lowest BCUT2D eigenvalue weighted by Gasteiger charge is -2.29. The molecule has 18 heavy (non-hydrogen) atoms. The maximum absolute atomic E-state index is 11.9. The van der Waals surface area contributed by atoms with Gasteiger partial charge in [0, 0.05) is 13.6 Å². The molecule has 0 aromatic carbocycles. The highest BCUT2D eigenvalue weighted by atomic mass is 16.1. The van der Waals surface area contributed by atoms with E-state index in [1.54, 1.807) is 19.2 Å². The Morgan fingerprint density at radius 1 is 1.33 bits per heavy atom. The van der Waals surface area contributed by atoms with Crippen LogP contribution in [0.4, 0.5) is 5.82 Å². The molecule has 0 aliphatic heterocycles. The van der Waals surface area contributed by atoms with Gasteiger partial charge in [-0.1, -0.05) is 27.7 Å². The van der Waals surface area contributed by atoms with Gasteiger partial charge in [0.2, 0.25) is 0 Å². The Morgan fingerprint density at radius 3 is 2.44 bits per heavy atom. The Balaban J connectivity index is 2.60. The van der Waals surface area contributed by atoms with Crippen LogP contribution in [0.3, 0.4) is 0 Å². The number of rotatable bonds is 5. The molecule has 5 nitrogen and oxygen atoms in total. The van der Waals surface area contributed by atoms with E-state index < -0.39 is 0 Å². The number of hydrogen-bond acceptors (Lipinski definition) is 4. The van der Waals surface area contributed by atoms with Crippen molar-refractivity contribution in [3.05, 3.63) is 17.8 Å². The van der Waals surface area contributed by atoms with Crippen LogP contribution in [0.5, 0.6) is 0 Å². The number of nitrogens with zero attached hydrogens (tertiary/aromatic N) is 2. The molecule has 1 aromatic heterocycles. The van der Waals surface area contributed by atoms with Crippen molar-refractivity contribution < 1.29 is 4.79 Å². The third-order valence-corrected chi connectivity index (χ3v) is 3.42. The van der Waals surface area contributed by atoms with E-state index >= 15 is 0 Å². The molecule has 1 aromatic rings. The number of amides is 1. The summed E-state index contributed by atoms with van der Waals surface area (Å²) in [4.78, 5) is 11.9. The average Bonchev–Trinajstić information content (AvgIpc) is 2.36. The summed E-state index contributed by atoms with van der Waals surface area (Å²) >= 11 is 0. The van der Waals surface area contributed by atoms with Crippen molar-refractivity contribution in [2.45, 2.75) is 27.7 Å². The summed E-state index contributed by atoms with van der Waals surface area (Å²) in [6, 6.07) is 3.39. The first kappa shape index (κ1) is 14.4. The lowest BCUT2D eigenvalue weighted by atomic mass is 9.81. The fourth-order valence-corrected chi connectivity index (χ4v) is 1.19. The molecule has 100 valence electrons. The van der Waals surface area contributed by atoms with E-state index in [-0.39, 0.29) is 11.3 Å². The van der Waals surface area contributed by atoms with E-state index in [1.807, 2.05) is 0 Å². The molecule has 0 aliphatic rings. The summed E-state index contributed by atoms with van der Waals surface area (Å²) < 4.78 is 0. The number of nitrogens with one attached hydrogen (secondary N) is 2. The second-order valence-corrected chi connectivity index (χ2v) is 5.38. The van der Waals surface area contributed by atoms with Gasteiger partial charge in [-0.05, 0) is 23.5 Å². The third kappa shape index (κ3) is 3.68. The first-order valence-corrected chi connectivity index (χ1v) is 6.16. The number of anilines is 1. The molecule has 0 bridgehead atoms. The summed E-state index contributed by atoms with van der Waals surface area (Å²) in [6.45, 7) is 9.18. The topological polar surface area (TPSA) is 66.9 Å². The van der Waals surface area contributed by atoms with Gasteiger partial charge in [-0.3, -0.25) is 4.79 Å². The van der Waals surface area contributed by atoms with E-state index in [0.29, 0.717) is 24.0 Å².